The van der Waals surface area contributed by atoms with E-state index in [2.05, 4.69) is 0 Å². The van der Waals surface area contributed by atoms with Gasteiger partial charge >= 0.3 is 12.1 Å². The van der Waals surface area contributed by atoms with Gasteiger partial charge in [0.05, 0.1) is 24.0 Å². The molecule has 0 radical (unpaired) electrons. The Morgan fingerprint density at radius 1 is 1.07 bits per heavy atom. The molecule has 4 aromatic rings. The van der Waals surface area contributed by atoms with Gasteiger partial charge in [0.1, 0.15) is 6.10 Å². The first-order valence-corrected chi connectivity index (χ1v) is 14.7. The van der Waals surface area contributed by atoms with Crippen molar-refractivity contribution < 1.29 is 42.6 Å². The number of hydrogen-bond donors (Lipinski definition) is 2. The van der Waals surface area contributed by atoms with E-state index in [1.807, 2.05) is 0 Å². The molecule has 2 heterocycles. The van der Waals surface area contributed by atoms with Crippen LogP contribution < -0.4 is 9.47 Å². The minimum Gasteiger partial charge on any atom is -0.493 e. The van der Waals surface area contributed by atoms with Gasteiger partial charge in [0, 0.05) is 60.5 Å². The molecule has 0 amide bonds. The number of aliphatic hydroxyl groups is 1. The lowest BCUT2D eigenvalue weighted by Gasteiger charge is -2.39. The summed E-state index contributed by atoms with van der Waals surface area (Å²) in [4.78, 5) is 23.5. The highest BCUT2D eigenvalue weighted by atomic mass is 35.5. The third-order valence-electron chi connectivity index (χ3n) is 8.10. The van der Waals surface area contributed by atoms with Crippen LogP contribution in [0.1, 0.15) is 29.5 Å². The Kier molecular flexibility index (Phi) is 9.47. The van der Waals surface area contributed by atoms with E-state index in [1.54, 1.807) is 42.5 Å². The number of nitrogens with zero attached hydrogens (tertiary/aromatic N) is 3. The Labute approximate surface area is 266 Å². The Morgan fingerprint density at radius 3 is 2.43 bits per heavy atom. The van der Waals surface area contributed by atoms with E-state index in [4.69, 9.17) is 26.2 Å². The number of ether oxygens (including phenoxy) is 2. The number of β-amino-alcohol motifs (C(OH)–C–C–N with tert-alkyl or cyclic N) is 1. The highest BCUT2D eigenvalue weighted by molar-refractivity contribution is 6.30. The van der Waals surface area contributed by atoms with Crippen molar-refractivity contribution in [3.8, 4) is 11.5 Å². The predicted octanol–water partition coefficient (Wildman–Crippen LogP) is 6.18. The fourth-order valence-electron chi connectivity index (χ4n) is 5.80. The molecule has 0 aliphatic carbocycles. The van der Waals surface area contributed by atoms with Crippen molar-refractivity contribution in [1.29, 1.82) is 0 Å². The molecule has 10 nitrogen and oxygen atoms in total. The van der Waals surface area contributed by atoms with E-state index in [1.165, 1.54) is 34.9 Å². The number of rotatable bonds is 11. The number of likely N-dealkylation sites (tertiary alicyclic amines) is 1. The topological polar surface area (TPSA) is 127 Å². The standard InChI is InChI=1S/C32H31ClF3N3O7/c1-45-29-14-20(15-30(40)41)5-8-28(29)46-24-9-11-37(12-10-24)19-31(42,32(34,35)36)26-18-38(17-21-3-2-4-22(33)13-21)27-16-23(39(43)44)6-7-25(26)27/h2-8,13-14,16,18,24,42H,9-12,15,17,19H2,1H3,(H,40,41). The van der Waals surface area contributed by atoms with Crippen molar-refractivity contribution in [3.63, 3.8) is 0 Å². The predicted molar refractivity (Wildman–Crippen MR) is 164 cm³/mol. The fraction of sp³-hybridized carbons (Fsp3) is 0.344. The summed E-state index contributed by atoms with van der Waals surface area (Å²) >= 11 is 6.11. The molecule has 2 N–H and O–H groups in total. The second kappa shape index (κ2) is 13.2. The summed E-state index contributed by atoms with van der Waals surface area (Å²) in [5, 5.41) is 32.5. The number of carboxylic acid groups (broad SMARTS) is 1. The molecule has 0 spiro atoms. The van der Waals surface area contributed by atoms with Gasteiger partial charge in [-0.2, -0.15) is 13.2 Å². The molecule has 244 valence electrons. The zero-order valence-electron chi connectivity index (χ0n) is 24.7. The van der Waals surface area contributed by atoms with Crippen LogP contribution in [0.2, 0.25) is 5.02 Å². The number of hydrogen-bond acceptors (Lipinski definition) is 7. The van der Waals surface area contributed by atoms with Gasteiger partial charge in [0.25, 0.3) is 5.69 Å². The Balaban J connectivity index is 1.39. The van der Waals surface area contributed by atoms with Crippen LogP contribution in [0.15, 0.2) is 66.9 Å². The summed E-state index contributed by atoms with van der Waals surface area (Å²) in [6.07, 6.45) is -3.70. The number of benzene rings is 3. The van der Waals surface area contributed by atoms with Crippen molar-refractivity contribution in [2.45, 2.75) is 43.7 Å². The second-order valence-electron chi connectivity index (χ2n) is 11.3. The number of nitro benzene ring substituents is 1. The minimum absolute atomic E-state index is 0.0455. The summed E-state index contributed by atoms with van der Waals surface area (Å²) in [6.45, 7) is -0.316. The summed E-state index contributed by atoms with van der Waals surface area (Å²) < 4.78 is 57.4. The van der Waals surface area contributed by atoms with Crippen molar-refractivity contribution >= 4 is 34.2 Å². The maximum atomic E-state index is 14.8. The van der Waals surface area contributed by atoms with Crippen LogP contribution in [0.4, 0.5) is 18.9 Å². The van der Waals surface area contributed by atoms with Gasteiger partial charge in [0.15, 0.2) is 11.5 Å². The average Bonchev–Trinajstić information content (AvgIpc) is 3.36. The Morgan fingerprint density at radius 2 is 1.80 bits per heavy atom. The summed E-state index contributed by atoms with van der Waals surface area (Å²) in [5.41, 5.74) is -2.64. The largest absolute Gasteiger partial charge is 0.493 e. The average molecular weight is 662 g/mol. The van der Waals surface area contributed by atoms with Crippen LogP contribution in [0, 0.1) is 10.1 Å². The summed E-state index contributed by atoms with van der Waals surface area (Å²) in [7, 11) is 1.43. The smallest absolute Gasteiger partial charge is 0.422 e. The van der Waals surface area contributed by atoms with Crippen LogP contribution in [-0.4, -0.2) is 69.6 Å². The molecule has 1 aliphatic rings. The Bertz CT molecular complexity index is 1750. The molecular weight excluding hydrogens is 631 g/mol. The zero-order valence-corrected chi connectivity index (χ0v) is 25.4. The van der Waals surface area contributed by atoms with Crippen molar-refractivity contribution in [3.05, 3.63) is 98.7 Å². The maximum absolute atomic E-state index is 14.8. The normalized spacial score (nSPS) is 15.9. The molecule has 1 aliphatic heterocycles. The molecule has 1 atom stereocenters. The first-order valence-electron chi connectivity index (χ1n) is 14.4. The first kappa shape index (κ1) is 33.0. The van der Waals surface area contributed by atoms with Gasteiger partial charge in [0.2, 0.25) is 5.60 Å². The van der Waals surface area contributed by atoms with Crippen LogP contribution in [0.3, 0.4) is 0 Å². The first-order chi connectivity index (χ1) is 21.8. The molecule has 3 aromatic carbocycles. The molecule has 1 unspecified atom stereocenters. The zero-order chi connectivity index (χ0) is 33.2. The van der Waals surface area contributed by atoms with Gasteiger partial charge < -0.3 is 24.3 Å². The third kappa shape index (κ3) is 7.06. The number of halogens is 4. The molecular formula is C32H31ClF3N3O7. The number of fused-ring (bicyclic) bond motifs is 1. The van der Waals surface area contributed by atoms with Crippen LogP contribution in [0.25, 0.3) is 10.9 Å². The van der Waals surface area contributed by atoms with Crippen LogP contribution in [0.5, 0.6) is 11.5 Å². The van der Waals surface area contributed by atoms with Crippen LogP contribution in [-0.2, 0) is 23.4 Å². The SMILES string of the molecule is COc1cc(CC(=O)O)ccc1OC1CCN(CC(O)(c2cn(Cc3cccc(Cl)c3)c3cc([N+](=O)[O-])ccc23)C(F)(F)F)CC1. The number of aliphatic carboxylic acids is 1. The maximum Gasteiger partial charge on any atom is 0.422 e. The van der Waals surface area contributed by atoms with Crippen molar-refractivity contribution in [2.24, 2.45) is 0 Å². The van der Waals surface area contributed by atoms with Gasteiger partial charge in [-0.15, -0.1) is 0 Å². The molecule has 46 heavy (non-hydrogen) atoms. The molecule has 1 fully saturated rings. The van der Waals surface area contributed by atoms with E-state index in [9.17, 15) is 33.2 Å². The molecule has 0 saturated carbocycles. The molecule has 0 bridgehead atoms. The van der Waals surface area contributed by atoms with E-state index < -0.39 is 34.8 Å². The number of aromatic nitrogens is 1. The number of non-ortho nitro benzene ring substituents is 1. The lowest BCUT2D eigenvalue weighted by Crippen LogP contribution is -2.53. The molecule has 1 saturated heterocycles. The number of carboxylic acids is 1. The number of alkyl halides is 3. The lowest BCUT2D eigenvalue weighted by atomic mass is 9.91. The van der Waals surface area contributed by atoms with Crippen molar-refractivity contribution in [2.75, 3.05) is 26.7 Å². The van der Waals surface area contributed by atoms with E-state index in [0.29, 0.717) is 40.5 Å². The minimum atomic E-state index is -5.08. The number of carbonyl (C=O) groups is 1. The Hall–Kier alpha value is -4.33. The van der Waals surface area contributed by atoms with Gasteiger partial charge in [-0.1, -0.05) is 29.8 Å². The van der Waals surface area contributed by atoms with E-state index in [0.717, 1.165) is 6.07 Å². The van der Waals surface area contributed by atoms with Gasteiger partial charge in [-0.3, -0.25) is 19.8 Å². The second-order valence-corrected chi connectivity index (χ2v) is 11.7. The molecule has 1 aromatic heterocycles. The third-order valence-corrected chi connectivity index (χ3v) is 8.33. The van der Waals surface area contributed by atoms with Gasteiger partial charge in [-0.05, 0) is 54.3 Å². The van der Waals surface area contributed by atoms with Crippen molar-refractivity contribution in [1.82, 2.24) is 9.47 Å². The summed E-state index contributed by atoms with van der Waals surface area (Å²) in [6, 6.07) is 15.1. The van der Waals surface area contributed by atoms with E-state index in [-0.39, 0.29) is 48.7 Å². The number of piperidine rings is 1. The fourth-order valence-corrected chi connectivity index (χ4v) is 6.01. The monoisotopic (exact) mass is 661 g/mol. The number of methoxy groups -OCH3 is 1. The van der Waals surface area contributed by atoms with E-state index >= 15 is 0 Å². The highest BCUT2D eigenvalue weighted by Crippen LogP contribution is 2.44. The molecule has 5 rings (SSSR count). The summed E-state index contributed by atoms with van der Waals surface area (Å²) in [5.74, 6) is -0.251. The molecule has 14 heteroatoms. The quantitative estimate of drug-likeness (QED) is 0.144. The van der Waals surface area contributed by atoms with Gasteiger partial charge in [-0.25, -0.2) is 0 Å². The number of nitro groups is 1. The lowest BCUT2D eigenvalue weighted by molar-refractivity contribution is -0.384. The highest BCUT2D eigenvalue weighted by Gasteiger charge is 2.57. The van der Waals surface area contributed by atoms with Crippen LogP contribution >= 0.6 is 11.6 Å².